The summed E-state index contributed by atoms with van der Waals surface area (Å²) in [4.78, 5) is 85.5. The van der Waals surface area contributed by atoms with E-state index in [4.69, 9.17) is 35.0 Å². The van der Waals surface area contributed by atoms with Crippen LogP contribution in [-0.2, 0) is 62.0 Å². The van der Waals surface area contributed by atoms with Gasteiger partial charge in [0.2, 0.25) is 25.3 Å². The van der Waals surface area contributed by atoms with Gasteiger partial charge in [0, 0.05) is 53.1 Å². The van der Waals surface area contributed by atoms with Crippen LogP contribution in [0.2, 0.25) is 0 Å². The van der Waals surface area contributed by atoms with Gasteiger partial charge in [-0.15, -0.1) is 0 Å². The summed E-state index contributed by atoms with van der Waals surface area (Å²) in [7, 11) is 0. The van der Waals surface area contributed by atoms with Gasteiger partial charge in [-0.05, 0) is 0 Å². The molecule has 0 aromatic carbocycles. The third-order valence-electron chi connectivity index (χ3n) is 6.47. The van der Waals surface area contributed by atoms with Crippen LogP contribution in [0.15, 0.2) is 0 Å². The van der Waals surface area contributed by atoms with Gasteiger partial charge in [0.25, 0.3) is 6.04 Å². The summed E-state index contributed by atoms with van der Waals surface area (Å²) in [6.45, 7) is 11.7. The van der Waals surface area contributed by atoms with Crippen molar-refractivity contribution in [2.24, 2.45) is 5.92 Å². The largest absolute Gasteiger partial charge is 0.456 e. The van der Waals surface area contributed by atoms with Crippen LogP contribution in [0.25, 0.3) is 4.85 Å². The maximum absolute atomic E-state index is 12.1. The van der Waals surface area contributed by atoms with Crippen LogP contribution in [0.4, 0.5) is 0 Å². The lowest BCUT2D eigenvalue weighted by molar-refractivity contribution is -0.300. The molecule has 2 rings (SSSR count). The first kappa shape index (κ1) is 33.9. The van der Waals surface area contributed by atoms with E-state index in [1.165, 1.54) is 0 Å². The molecule has 2 fully saturated rings. The van der Waals surface area contributed by atoms with E-state index < -0.39 is 84.8 Å². The predicted molar refractivity (Wildman–Crippen MR) is 135 cm³/mol. The van der Waals surface area contributed by atoms with Crippen molar-refractivity contribution in [2.75, 3.05) is 13.1 Å². The van der Waals surface area contributed by atoms with E-state index in [0.717, 1.165) is 27.7 Å². The Kier molecular flexibility index (Phi) is 13.1. The zero-order valence-electron chi connectivity index (χ0n) is 23.4. The molecule has 3 N–H and O–H groups in total. The Balaban J connectivity index is 2.63. The normalized spacial score (nSPS) is 32.1. The molecule has 0 bridgehead atoms. The van der Waals surface area contributed by atoms with E-state index in [1.807, 2.05) is 0 Å². The maximum atomic E-state index is 12.1. The van der Waals surface area contributed by atoms with Crippen LogP contribution in [0.5, 0.6) is 0 Å². The molecule has 0 spiro atoms. The zero-order chi connectivity index (χ0) is 31.4. The van der Waals surface area contributed by atoms with Crippen molar-refractivity contribution in [3.05, 3.63) is 11.4 Å². The van der Waals surface area contributed by atoms with E-state index in [1.54, 1.807) is 0 Å². The van der Waals surface area contributed by atoms with Gasteiger partial charge >= 0.3 is 23.9 Å². The summed E-state index contributed by atoms with van der Waals surface area (Å²) in [5.41, 5.74) is 0. The molecule has 1 saturated carbocycles. The maximum Gasteiger partial charge on any atom is 0.303 e. The van der Waals surface area contributed by atoms with E-state index in [2.05, 4.69) is 20.8 Å². The summed E-state index contributed by atoms with van der Waals surface area (Å²) < 4.78 is 33.9. The van der Waals surface area contributed by atoms with Crippen molar-refractivity contribution in [1.29, 1.82) is 0 Å². The van der Waals surface area contributed by atoms with Gasteiger partial charge in [-0.1, -0.05) is 0 Å². The van der Waals surface area contributed by atoms with Crippen LogP contribution in [0, 0.1) is 12.5 Å². The Hall–Kier alpha value is -4.30. The quantitative estimate of drug-likeness (QED) is 0.0834. The molecule has 0 radical (unpaired) electrons. The summed E-state index contributed by atoms with van der Waals surface area (Å²) in [6, 6.07) is -2.31. The summed E-state index contributed by atoms with van der Waals surface area (Å²) >= 11 is 0. The third kappa shape index (κ3) is 9.11. The summed E-state index contributed by atoms with van der Waals surface area (Å²) in [5, 5.41) is 7.32. The van der Waals surface area contributed by atoms with Gasteiger partial charge in [-0.2, -0.15) is 0 Å². The molecular weight excluding hydrogens is 564 g/mol. The molecule has 1 heterocycles. The molecule has 1 aliphatic carbocycles. The molecule has 3 amide bonds. The van der Waals surface area contributed by atoms with Crippen molar-refractivity contribution >= 4 is 43.1 Å². The van der Waals surface area contributed by atoms with Gasteiger partial charge in [-0.3, -0.25) is 33.6 Å². The SMILES string of the molecule is [C-]#[N+]C1CC(CNC=O)C(OC2OC(CNC=O)C(OC(C)=O)C(OC(C)=O)C2NC=O)C(OC(C)=O)C1OC(C)=O. The number of carbonyl (C=O) groups is 7. The Morgan fingerprint density at radius 1 is 0.762 bits per heavy atom. The molecule has 0 aromatic rings. The van der Waals surface area contributed by atoms with E-state index >= 15 is 0 Å². The number of amides is 3. The first-order valence-corrected chi connectivity index (χ1v) is 12.9. The average Bonchev–Trinajstić information content (AvgIpc) is 2.91. The zero-order valence-corrected chi connectivity index (χ0v) is 23.4. The number of hydrogen-bond acceptors (Lipinski definition) is 13. The van der Waals surface area contributed by atoms with Crippen LogP contribution < -0.4 is 16.0 Å². The Labute approximate surface area is 241 Å². The number of nitrogens with zero attached hydrogens (tertiary/aromatic N) is 1. The van der Waals surface area contributed by atoms with Gasteiger partial charge in [0.05, 0.1) is 0 Å². The van der Waals surface area contributed by atoms with Gasteiger partial charge in [0.1, 0.15) is 18.2 Å². The molecule has 10 unspecified atom stereocenters. The highest BCUT2D eigenvalue weighted by Crippen LogP contribution is 2.37. The number of hydrogen-bond donors (Lipinski definition) is 3. The standard InChI is InChI=1S/C25H34N4O13/c1-12(33)37-21-17(26-5)6-16(7-27-9-30)20(24(21)40-15(4)36)42-25-19(29-11-32)23(39-14(3)35)22(38-13(2)34)18(41-25)8-28-10-31/h9-11,16-25H,6-8H2,1-4H3,(H,27,30)(H,28,31)(H,29,32). The molecule has 1 aliphatic heterocycles. The monoisotopic (exact) mass is 598 g/mol. The number of rotatable bonds is 14. The second kappa shape index (κ2) is 16.2. The number of esters is 4. The molecule has 42 heavy (non-hydrogen) atoms. The minimum atomic E-state index is -1.52. The number of ether oxygens (including phenoxy) is 6. The van der Waals surface area contributed by atoms with Crippen molar-refractivity contribution in [2.45, 2.75) is 89.1 Å². The Morgan fingerprint density at radius 3 is 1.81 bits per heavy atom. The summed E-state index contributed by atoms with van der Waals surface area (Å²) in [6.07, 6.45) is -8.26. The van der Waals surface area contributed by atoms with Crippen LogP contribution in [0.3, 0.4) is 0 Å². The fraction of sp³-hybridized carbons (Fsp3) is 0.680. The second-order valence-corrected chi connectivity index (χ2v) is 9.49. The highest BCUT2D eigenvalue weighted by atomic mass is 16.7. The van der Waals surface area contributed by atoms with Crippen molar-refractivity contribution in [3.63, 3.8) is 0 Å². The van der Waals surface area contributed by atoms with E-state index in [0.29, 0.717) is 12.8 Å². The fourth-order valence-electron chi connectivity index (χ4n) is 5.05. The van der Waals surface area contributed by atoms with Gasteiger partial charge in [-0.25, -0.2) is 6.57 Å². The molecule has 2 aliphatic rings. The molecule has 1 saturated heterocycles. The van der Waals surface area contributed by atoms with Gasteiger partial charge < -0.3 is 49.2 Å². The van der Waals surface area contributed by atoms with Gasteiger partial charge in [0.15, 0.2) is 24.6 Å². The lowest BCUT2D eigenvalue weighted by Crippen LogP contribution is -2.68. The molecule has 0 aromatic heterocycles. The smallest absolute Gasteiger partial charge is 0.303 e. The summed E-state index contributed by atoms with van der Waals surface area (Å²) in [5.74, 6) is -3.88. The third-order valence-corrected chi connectivity index (χ3v) is 6.47. The van der Waals surface area contributed by atoms with E-state index in [9.17, 15) is 33.6 Å². The van der Waals surface area contributed by atoms with Crippen LogP contribution in [0.1, 0.15) is 34.1 Å². The van der Waals surface area contributed by atoms with Crippen molar-refractivity contribution in [3.8, 4) is 0 Å². The lowest BCUT2D eigenvalue weighted by atomic mass is 9.79. The predicted octanol–water partition coefficient (Wildman–Crippen LogP) is -2.26. The van der Waals surface area contributed by atoms with E-state index in [-0.39, 0.29) is 25.9 Å². The van der Waals surface area contributed by atoms with Crippen molar-refractivity contribution < 1.29 is 62.0 Å². The minimum absolute atomic E-state index is 0.0167. The minimum Gasteiger partial charge on any atom is -0.456 e. The highest BCUT2D eigenvalue weighted by molar-refractivity contribution is 5.68. The molecular formula is C25H34N4O13. The second-order valence-electron chi connectivity index (χ2n) is 9.49. The molecule has 17 nitrogen and oxygen atoms in total. The first-order valence-electron chi connectivity index (χ1n) is 12.9. The lowest BCUT2D eigenvalue weighted by Gasteiger charge is -2.48. The first-order chi connectivity index (χ1) is 20.0. The molecule has 17 heteroatoms. The number of carbonyl (C=O) groups excluding carboxylic acids is 7. The Bertz CT molecular complexity index is 1050. The topological polar surface area (TPSA) is 215 Å². The molecule has 10 atom stereocenters. The highest BCUT2D eigenvalue weighted by Gasteiger charge is 2.56. The molecule has 232 valence electrons. The average molecular weight is 599 g/mol. The fourth-order valence-corrected chi connectivity index (χ4v) is 5.05. The number of nitrogens with one attached hydrogen (secondary N) is 3. The van der Waals surface area contributed by atoms with Crippen LogP contribution in [-0.4, -0.2) is 111 Å². The van der Waals surface area contributed by atoms with Crippen molar-refractivity contribution in [1.82, 2.24) is 16.0 Å². The van der Waals surface area contributed by atoms with Crippen LogP contribution >= 0.6 is 0 Å². The Morgan fingerprint density at radius 2 is 1.29 bits per heavy atom.